The van der Waals surface area contributed by atoms with Crippen molar-refractivity contribution in [3.63, 3.8) is 0 Å². The molecule has 4 nitrogen and oxygen atoms in total. The van der Waals surface area contributed by atoms with Crippen LogP contribution in [0.1, 0.15) is 25.3 Å². The van der Waals surface area contributed by atoms with Gasteiger partial charge in [-0.25, -0.2) is 8.78 Å². The molecule has 1 aromatic carbocycles. The number of benzene rings is 1. The van der Waals surface area contributed by atoms with Gasteiger partial charge in [0.05, 0.1) is 0 Å². The Bertz CT molecular complexity index is 519. The van der Waals surface area contributed by atoms with E-state index in [2.05, 4.69) is 27.4 Å². The number of likely N-dealkylation sites (N-methyl/N-ethyl adjacent to an activating group) is 1. The van der Waals surface area contributed by atoms with E-state index in [-0.39, 0.29) is 24.0 Å². The van der Waals surface area contributed by atoms with Gasteiger partial charge in [-0.3, -0.25) is 9.89 Å². The summed E-state index contributed by atoms with van der Waals surface area (Å²) in [6.45, 7) is 5.86. The van der Waals surface area contributed by atoms with Crippen molar-refractivity contribution < 1.29 is 8.78 Å². The van der Waals surface area contributed by atoms with E-state index >= 15 is 0 Å². The van der Waals surface area contributed by atoms with Crippen molar-refractivity contribution in [3.8, 4) is 0 Å². The second kappa shape index (κ2) is 10.8. The minimum atomic E-state index is -0.539. The zero-order valence-corrected chi connectivity index (χ0v) is 16.6. The Morgan fingerprint density at radius 1 is 1.25 bits per heavy atom. The van der Waals surface area contributed by atoms with Gasteiger partial charge in [-0.15, -0.1) is 24.0 Å². The average molecular weight is 452 g/mol. The van der Waals surface area contributed by atoms with E-state index in [0.29, 0.717) is 24.6 Å². The molecule has 136 valence electrons. The quantitative estimate of drug-likeness (QED) is 0.396. The molecule has 1 aliphatic rings. The molecule has 1 aromatic rings. The molecule has 0 aromatic heterocycles. The van der Waals surface area contributed by atoms with Gasteiger partial charge in [0.15, 0.2) is 5.96 Å². The standard InChI is InChI=1S/C17H26F2N4.HI/c1-3-23-8-4-5-16(23)12-22-17(20-2)21-7-6-13-9-14(18)11-15(19)10-13;/h9-11,16H,3-8,12H2,1-2H3,(H2,20,21,22);1H. The molecule has 1 heterocycles. The first-order valence-electron chi connectivity index (χ1n) is 8.26. The molecule has 24 heavy (non-hydrogen) atoms. The molecule has 2 N–H and O–H groups in total. The molecule has 2 rings (SSSR count). The van der Waals surface area contributed by atoms with Crippen molar-refractivity contribution in [1.29, 1.82) is 0 Å². The predicted molar refractivity (Wildman–Crippen MR) is 105 cm³/mol. The van der Waals surface area contributed by atoms with Crippen LogP contribution in [0.3, 0.4) is 0 Å². The Kier molecular flexibility index (Phi) is 9.50. The maximum atomic E-state index is 13.1. The highest BCUT2D eigenvalue weighted by Crippen LogP contribution is 2.15. The molecule has 0 aliphatic carbocycles. The van der Waals surface area contributed by atoms with Gasteiger partial charge in [0.2, 0.25) is 0 Å². The molecule has 0 spiro atoms. The largest absolute Gasteiger partial charge is 0.356 e. The van der Waals surface area contributed by atoms with Crippen molar-refractivity contribution in [2.24, 2.45) is 4.99 Å². The van der Waals surface area contributed by atoms with Gasteiger partial charge < -0.3 is 10.6 Å². The van der Waals surface area contributed by atoms with Gasteiger partial charge in [0, 0.05) is 32.2 Å². The molecule has 0 amide bonds. The van der Waals surface area contributed by atoms with E-state index in [4.69, 9.17) is 0 Å². The van der Waals surface area contributed by atoms with Gasteiger partial charge in [-0.1, -0.05) is 6.92 Å². The van der Waals surface area contributed by atoms with Gasteiger partial charge in [-0.05, 0) is 50.0 Å². The van der Waals surface area contributed by atoms with E-state index < -0.39 is 11.6 Å². The summed E-state index contributed by atoms with van der Waals surface area (Å²) in [5.74, 6) is -0.350. The first kappa shape index (κ1) is 21.1. The van der Waals surface area contributed by atoms with Crippen LogP contribution in [0.4, 0.5) is 8.78 Å². The van der Waals surface area contributed by atoms with Crippen LogP contribution in [0.5, 0.6) is 0 Å². The third-order valence-electron chi connectivity index (χ3n) is 4.26. The Hall–Kier alpha value is -0.960. The molecular weight excluding hydrogens is 425 g/mol. The zero-order valence-electron chi connectivity index (χ0n) is 14.3. The van der Waals surface area contributed by atoms with Crippen LogP contribution < -0.4 is 10.6 Å². The minimum absolute atomic E-state index is 0. The fourth-order valence-electron chi connectivity index (χ4n) is 3.06. The highest BCUT2D eigenvalue weighted by atomic mass is 127. The highest BCUT2D eigenvalue weighted by molar-refractivity contribution is 14.0. The Balaban J connectivity index is 0.00000288. The predicted octanol–water partition coefficient (Wildman–Crippen LogP) is 2.77. The normalized spacial score (nSPS) is 18.3. The number of nitrogens with one attached hydrogen (secondary N) is 2. The van der Waals surface area contributed by atoms with Crippen LogP contribution in [-0.4, -0.2) is 50.1 Å². The number of guanidine groups is 1. The lowest BCUT2D eigenvalue weighted by atomic mass is 10.1. The monoisotopic (exact) mass is 452 g/mol. The van der Waals surface area contributed by atoms with Crippen molar-refractivity contribution in [1.82, 2.24) is 15.5 Å². The number of rotatable bonds is 6. The highest BCUT2D eigenvalue weighted by Gasteiger charge is 2.22. The van der Waals surface area contributed by atoms with E-state index in [9.17, 15) is 8.78 Å². The third kappa shape index (κ3) is 6.51. The van der Waals surface area contributed by atoms with Crippen molar-refractivity contribution >= 4 is 29.9 Å². The summed E-state index contributed by atoms with van der Waals surface area (Å²) in [5, 5.41) is 6.52. The molecule has 1 fully saturated rings. The summed E-state index contributed by atoms with van der Waals surface area (Å²) in [6.07, 6.45) is 3.00. The minimum Gasteiger partial charge on any atom is -0.356 e. The lowest BCUT2D eigenvalue weighted by Gasteiger charge is -2.24. The molecule has 1 unspecified atom stereocenters. The van der Waals surface area contributed by atoms with Crippen LogP contribution in [-0.2, 0) is 6.42 Å². The Morgan fingerprint density at radius 3 is 2.58 bits per heavy atom. The third-order valence-corrected chi connectivity index (χ3v) is 4.26. The molecule has 1 atom stereocenters. The van der Waals surface area contributed by atoms with Crippen LogP contribution in [0.15, 0.2) is 23.2 Å². The first-order valence-corrected chi connectivity index (χ1v) is 8.26. The number of nitrogens with zero attached hydrogens (tertiary/aromatic N) is 2. The summed E-state index contributed by atoms with van der Waals surface area (Å²) >= 11 is 0. The number of hydrogen-bond donors (Lipinski definition) is 2. The number of aliphatic imine (C=N–C) groups is 1. The molecule has 0 radical (unpaired) electrons. The maximum absolute atomic E-state index is 13.1. The van der Waals surface area contributed by atoms with E-state index in [1.807, 2.05) is 0 Å². The average Bonchev–Trinajstić information content (AvgIpc) is 2.97. The lowest BCUT2D eigenvalue weighted by molar-refractivity contribution is 0.267. The lowest BCUT2D eigenvalue weighted by Crippen LogP contribution is -2.45. The van der Waals surface area contributed by atoms with Crippen LogP contribution in [0, 0.1) is 11.6 Å². The fourth-order valence-corrected chi connectivity index (χ4v) is 3.06. The van der Waals surface area contributed by atoms with Crippen molar-refractivity contribution in [2.75, 3.05) is 33.2 Å². The maximum Gasteiger partial charge on any atom is 0.191 e. The van der Waals surface area contributed by atoms with Crippen molar-refractivity contribution in [3.05, 3.63) is 35.4 Å². The number of likely N-dealkylation sites (tertiary alicyclic amines) is 1. The van der Waals surface area contributed by atoms with Crippen LogP contribution in [0.2, 0.25) is 0 Å². The molecule has 1 aliphatic heterocycles. The molecule has 0 bridgehead atoms. The van der Waals surface area contributed by atoms with Crippen LogP contribution >= 0.6 is 24.0 Å². The topological polar surface area (TPSA) is 39.7 Å². The van der Waals surface area contributed by atoms with E-state index in [1.165, 1.54) is 31.5 Å². The number of hydrogen-bond acceptors (Lipinski definition) is 2. The van der Waals surface area contributed by atoms with Gasteiger partial charge in [0.1, 0.15) is 11.6 Å². The SMILES string of the molecule is CCN1CCCC1CNC(=NC)NCCc1cc(F)cc(F)c1.I. The summed E-state index contributed by atoms with van der Waals surface area (Å²) in [5.41, 5.74) is 0.637. The molecule has 0 saturated carbocycles. The second-order valence-corrected chi connectivity index (χ2v) is 5.83. The summed E-state index contributed by atoms with van der Waals surface area (Å²) in [7, 11) is 1.73. The summed E-state index contributed by atoms with van der Waals surface area (Å²) in [6, 6.07) is 4.16. The van der Waals surface area contributed by atoms with E-state index in [1.54, 1.807) is 7.05 Å². The van der Waals surface area contributed by atoms with Crippen LogP contribution in [0.25, 0.3) is 0 Å². The Labute approximate surface area is 160 Å². The second-order valence-electron chi connectivity index (χ2n) is 5.83. The Morgan fingerprint density at radius 2 is 1.96 bits per heavy atom. The summed E-state index contributed by atoms with van der Waals surface area (Å²) < 4.78 is 26.3. The van der Waals surface area contributed by atoms with Crippen molar-refractivity contribution in [2.45, 2.75) is 32.2 Å². The molecule has 1 saturated heterocycles. The summed E-state index contributed by atoms with van der Waals surface area (Å²) in [4.78, 5) is 6.66. The van der Waals surface area contributed by atoms with Gasteiger partial charge in [-0.2, -0.15) is 0 Å². The molecular formula is C17H27F2IN4. The molecule has 7 heteroatoms. The number of halogens is 3. The van der Waals surface area contributed by atoms with Gasteiger partial charge in [0.25, 0.3) is 0 Å². The zero-order chi connectivity index (χ0) is 16.7. The van der Waals surface area contributed by atoms with E-state index in [0.717, 1.165) is 25.1 Å². The first-order chi connectivity index (χ1) is 11.1. The smallest absolute Gasteiger partial charge is 0.191 e. The van der Waals surface area contributed by atoms with Gasteiger partial charge >= 0.3 is 0 Å². The fraction of sp³-hybridized carbons (Fsp3) is 0.588.